The molecule has 6 atom stereocenters. The first kappa shape index (κ1) is 43.7. The molecule has 0 aromatic rings. The van der Waals surface area contributed by atoms with Crippen LogP contribution in [0.2, 0.25) is 0 Å². The van der Waals surface area contributed by atoms with E-state index in [1.54, 1.807) is 0 Å². The number of esters is 2. The van der Waals surface area contributed by atoms with Crippen LogP contribution >= 0.6 is 0 Å². The molecule has 1 fully saturated rings. The molecule has 1 saturated heterocycles. The Bertz CT molecular complexity index is 915. The van der Waals surface area contributed by atoms with Gasteiger partial charge >= 0.3 is 11.9 Å². The van der Waals surface area contributed by atoms with Gasteiger partial charge in [-0.05, 0) is 12.8 Å². The molecule has 12 nitrogen and oxygen atoms in total. The quantitative estimate of drug-likeness (QED) is 0.0445. The minimum absolute atomic E-state index is 0.168. The van der Waals surface area contributed by atoms with Gasteiger partial charge in [0.25, 0.3) is 10.1 Å². The van der Waals surface area contributed by atoms with Crippen molar-refractivity contribution in [2.24, 2.45) is 0 Å². The highest BCUT2D eigenvalue weighted by molar-refractivity contribution is 7.85. The molecule has 1 rings (SSSR count). The zero-order valence-electron chi connectivity index (χ0n) is 28.9. The van der Waals surface area contributed by atoms with Crippen LogP contribution in [0, 0.1) is 0 Å². The van der Waals surface area contributed by atoms with Gasteiger partial charge in [0.05, 0.1) is 6.61 Å². The maximum atomic E-state index is 12.6. The van der Waals surface area contributed by atoms with Gasteiger partial charge in [-0.1, -0.05) is 123 Å². The lowest BCUT2D eigenvalue weighted by atomic mass is 10.00. The SMILES string of the molecule is CCCCCCCCCCCCCCC(=O)OC[C@H](CO[C@@H]1O[C@@H](CS(=O)(=O)O)[C@H](O)C(O)C1O)OC(=O)CCCCCCCCC. The second-order valence-corrected chi connectivity index (χ2v) is 14.4. The summed E-state index contributed by atoms with van der Waals surface area (Å²) >= 11 is 0. The summed E-state index contributed by atoms with van der Waals surface area (Å²) in [5, 5.41) is 30.6. The predicted molar refractivity (Wildman–Crippen MR) is 178 cm³/mol. The molecule has 0 radical (unpaired) electrons. The van der Waals surface area contributed by atoms with Crippen molar-refractivity contribution >= 4 is 22.1 Å². The molecule has 0 saturated carbocycles. The van der Waals surface area contributed by atoms with Gasteiger partial charge in [0.1, 0.15) is 36.8 Å². The standard InChI is InChI=1S/C34H64O12S/c1-3-5-7-9-11-12-13-14-15-17-18-20-22-29(35)43-24-27(45-30(36)23-21-19-16-10-8-6-4-2)25-44-34-33(39)32(38)31(37)28(46-34)26-47(40,41)42/h27-28,31-34,37-39H,3-26H2,1-2H3,(H,40,41,42)/t27-,28+,31+,32?,33?,34-/m1/s1. The van der Waals surface area contributed by atoms with Crippen molar-refractivity contribution < 1.29 is 56.8 Å². The number of aliphatic hydroxyl groups excluding tert-OH is 3. The van der Waals surface area contributed by atoms with Crippen LogP contribution in [0.3, 0.4) is 0 Å². The fourth-order valence-corrected chi connectivity index (χ4v) is 6.25. The molecule has 0 aromatic carbocycles. The van der Waals surface area contributed by atoms with Crippen LogP contribution in [-0.4, -0.2) is 96.0 Å². The van der Waals surface area contributed by atoms with Gasteiger partial charge in [-0.25, -0.2) is 0 Å². The Kier molecular flexibility index (Phi) is 24.6. The number of hydrogen-bond acceptors (Lipinski definition) is 11. The first-order valence-corrected chi connectivity index (χ1v) is 19.7. The maximum Gasteiger partial charge on any atom is 0.306 e. The minimum atomic E-state index is -4.59. The van der Waals surface area contributed by atoms with E-state index in [0.717, 1.165) is 51.4 Å². The lowest BCUT2D eigenvalue weighted by Crippen LogP contribution is -2.60. The highest BCUT2D eigenvalue weighted by Crippen LogP contribution is 2.24. The molecule has 278 valence electrons. The summed E-state index contributed by atoms with van der Waals surface area (Å²) in [5.41, 5.74) is 0. The van der Waals surface area contributed by atoms with Crippen LogP contribution in [0.25, 0.3) is 0 Å². The Labute approximate surface area is 283 Å². The van der Waals surface area contributed by atoms with Gasteiger partial charge in [-0.15, -0.1) is 0 Å². The first-order valence-electron chi connectivity index (χ1n) is 18.1. The van der Waals surface area contributed by atoms with Gasteiger partial charge in [-0.2, -0.15) is 8.42 Å². The normalized spacial score (nSPS) is 22.2. The third-order valence-corrected chi connectivity index (χ3v) is 9.19. The topological polar surface area (TPSA) is 186 Å². The van der Waals surface area contributed by atoms with Crippen molar-refractivity contribution in [2.45, 2.75) is 185 Å². The highest BCUT2D eigenvalue weighted by atomic mass is 32.2. The number of rotatable bonds is 29. The minimum Gasteiger partial charge on any atom is -0.462 e. The van der Waals surface area contributed by atoms with Gasteiger partial charge in [-0.3, -0.25) is 14.1 Å². The molecule has 13 heteroatoms. The Morgan fingerprint density at radius 2 is 1.09 bits per heavy atom. The van der Waals surface area contributed by atoms with Crippen molar-refractivity contribution in [3.63, 3.8) is 0 Å². The summed E-state index contributed by atoms with van der Waals surface area (Å²) in [6, 6.07) is 0. The molecular weight excluding hydrogens is 632 g/mol. The molecular formula is C34H64O12S. The lowest BCUT2D eigenvalue weighted by Gasteiger charge is -2.40. The molecule has 47 heavy (non-hydrogen) atoms. The Balaban J connectivity index is 2.53. The van der Waals surface area contributed by atoms with E-state index in [9.17, 15) is 33.3 Å². The second kappa shape index (κ2) is 26.5. The average Bonchev–Trinajstić information content (AvgIpc) is 3.02. The van der Waals surface area contributed by atoms with Crippen LogP contribution < -0.4 is 0 Å². The van der Waals surface area contributed by atoms with Crippen LogP contribution in [0.4, 0.5) is 0 Å². The number of hydrogen-bond donors (Lipinski definition) is 4. The van der Waals surface area contributed by atoms with E-state index >= 15 is 0 Å². The largest absolute Gasteiger partial charge is 0.462 e. The smallest absolute Gasteiger partial charge is 0.306 e. The fourth-order valence-electron chi connectivity index (χ4n) is 5.56. The molecule has 4 N–H and O–H groups in total. The van der Waals surface area contributed by atoms with Crippen LogP contribution in [0.1, 0.15) is 149 Å². The molecule has 0 bridgehead atoms. The summed E-state index contributed by atoms with van der Waals surface area (Å²) in [6.45, 7) is 3.66. The molecule has 0 amide bonds. The highest BCUT2D eigenvalue weighted by Gasteiger charge is 2.46. The maximum absolute atomic E-state index is 12.6. The molecule has 2 unspecified atom stereocenters. The molecule has 0 aromatic heterocycles. The van der Waals surface area contributed by atoms with E-state index in [1.165, 1.54) is 57.8 Å². The Morgan fingerprint density at radius 1 is 0.638 bits per heavy atom. The second-order valence-electron chi connectivity index (χ2n) is 12.9. The van der Waals surface area contributed by atoms with Crippen molar-refractivity contribution in [3.05, 3.63) is 0 Å². The summed E-state index contributed by atoms with van der Waals surface area (Å²) in [5.74, 6) is -1.98. The van der Waals surface area contributed by atoms with Crippen LogP contribution in [0.5, 0.6) is 0 Å². The monoisotopic (exact) mass is 696 g/mol. The van der Waals surface area contributed by atoms with Crippen LogP contribution in [-0.2, 0) is 38.7 Å². The van der Waals surface area contributed by atoms with Gasteiger partial charge in [0, 0.05) is 12.8 Å². The van der Waals surface area contributed by atoms with E-state index in [2.05, 4.69) is 13.8 Å². The van der Waals surface area contributed by atoms with E-state index in [4.69, 9.17) is 23.5 Å². The number of carbonyl (C=O) groups excluding carboxylic acids is 2. The number of ether oxygens (including phenoxy) is 4. The number of aliphatic hydroxyl groups is 3. The fraction of sp³-hybridized carbons (Fsp3) is 0.941. The van der Waals surface area contributed by atoms with Gasteiger partial charge < -0.3 is 34.3 Å². The van der Waals surface area contributed by atoms with Gasteiger partial charge in [0.2, 0.25) is 0 Å². The lowest BCUT2D eigenvalue weighted by molar-refractivity contribution is -0.297. The van der Waals surface area contributed by atoms with Crippen molar-refractivity contribution in [1.82, 2.24) is 0 Å². The third-order valence-electron chi connectivity index (χ3n) is 8.44. The first-order chi connectivity index (χ1) is 22.5. The molecule has 0 spiro atoms. The molecule has 1 heterocycles. The summed E-state index contributed by atoms with van der Waals surface area (Å²) in [7, 11) is -4.59. The average molecular weight is 697 g/mol. The zero-order valence-corrected chi connectivity index (χ0v) is 29.7. The Morgan fingerprint density at radius 3 is 1.55 bits per heavy atom. The predicted octanol–water partition coefficient (Wildman–Crippen LogP) is 5.39. The molecule has 0 aliphatic carbocycles. The number of carbonyl (C=O) groups is 2. The van der Waals surface area contributed by atoms with E-state index in [1.807, 2.05) is 0 Å². The van der Waals surface area contributed by atoms with Crippen LogP contribution in [0.15, 0.2) is 0 Å². The summed E-state index contributed by atoms with van der Waals surface area (Å²) < 4.78 is 53.5. The third kappa shape index (κ3) is 22.1. The zero-order chi connectivity index (χ0) is 34.9. The van der Waals surface area contributed by atoms with Crippen molar-refractivity contribution in [3.8, 4) is 0 Å². The van der Waals surface area contributed by atoms with Crippen molar-refractivity contribution in [2.75, 3.05) is 19.0 Å². The number of unbranched alkanes of at least 4 members (excludes halogenated alkanes) is 17. The molecule has 1 aliphatic heterocycles. The molecule has 1 aliphatic rings. The summed E-state index contributed by atoms with van der Waals surface area (Å²) in [6.07, 6.45) is 12.0. The summed E-state index contributed by atoms with van der Waals surface area (Å²) in [4.78, 5) is 25.0. The van der Waals surface area contributed by atoms with E-state index < -0.39 is 71.2 Å². The van der Waals surface area contributed by atoms with Gasteiger partial charge in [0.15, 0.2) is 12.4 Å². The van der Waals surface area contributed by atoms with E-state index in [-0.39, 0.29) is 19.4 Å². The van der Waals surface area contributed by atoms with Crippen molar-refractivity contribution in [1.29, 1.82) is 0 Å². The Hall–Kier alpha value is -1.35. The van der Waals surface area contributed by atoms with E-state index in [0.29, 0.717) is 12.8 Å².